The lowest BCUT2D eigenvalue weighted by Gasteiger charge is -2.21. The van der Waals surface area contributed by atoms with Gasteiger partial charge < -0.3 is 5.32 Å². The van der Waals surface area contributed by atoms with Gasteiger partial charge in [0, 0.05) is 6.20 Å². The van der Waals surface area contributed by atoms with Crippen LogP contribution in [0.5, 0.6) is 0 Å². The molecule has 0 amide bonds. The molecule has 2 heteroatoms. The molecule has 19 heavy (non-hydrogen) atoms. The molecule has 0 spiro atoms. The molecule has 0 bridgehead atoms. The first-order chi connectivity index (χ1) is 9.04. The highest BCUT2D eigenvalue weighted by atomic mass is 14.9. The molecule has 0 aliphatic heterocycles. The van der Waals surface area contributed by atoms with Gasteiger partial charge in [-0.2, -0.15) is 0 Å². The Morgan fingerprint density at radius 3 is 2.26 bits per heavy atom. The Morgan fingerprint density at radius 1 is 0.947 bits per heavy atom. The summed E-state index contributed by atoms with van der Waals surface area (Å²) in [6, 6.07) is 8.79. The van der Waals surface area contributed by atoms with E-state index < -0.39 is 0 Å². The minimum Gasteiger partial charge on any atom is -0.308 e. The molecule has 100 valence electrons. The number of aryl methyl sites for hydroxylation is 4. The van der Waals surface area contributed by atoms with Crippen molar-refractivity contribution in [1.82, 2.24) is 10.3 Å². The standard InChI is InChI=1S/C17H22N2/c1-11-7-6-8-19-16(11)17(18-5)15-10-13(3)12(2)9-14(15)4/h6-10,17-18H,1-5H3. The van der Waals surface area contributed by atoms with E-state index in [2.05, 4.69) is 56.2 Å². The first kappa shape index (κ1) is 13.8. The fourth-order valence-corrected chi connectivity index (χ4v) is 2.53. The summed E-state index contributed by atoms with van der Waals surface area (Å²) in [5.41, 5.74) is 7.62. The Hall–Kier alpha value is -1.67. The van der Waals surface area contributed by atoms with E-state index in [-0.39, 0.29) is 6.04 Å². The minimum absolute atomic E-state index is 0.153. The maximum absolute atomic E-state index is 4.56. The lowest BCUT2D eigenvalue weighted by Crippen LogP contribution is -2.21. The maximum atomic E-state index is 4.56. The Balaban J connectivity index is 2.55. The first-order valence-corrected chi connectivity index (χ1v) is 6.71. The zero-order chi connectivity index (χ0) is 14.0. The third kappa shape index (κ3) is 2.69. The van der Waals surface area contributed by atoms with E-state index in [1.165, 1.54) is 27.8 Å². The molecule has 2 nitrogen and oxygen atoms in total. The first-order valence-electron chi connectivity index (χ1n) is 6.71. The molecule has 0 fully saturated rings. The van der Waals surface area contributed by atoms with Crippen LogP contribution >= 0.6 is 0 Å². The zero-order valence-corrected chi connectivity index (χ0v) is 12.4. The average Bonchev–Trinajstić information content (AvgIpc) is 2.38. The van der Waals surface area contributed by atoms with Crippen LogP contribution in [0.4, 0.5) is 0 Å². The fourth-order valence-electron chi connectivity index (χ4n) is 2.53. The molecule has 1 unspecified atom stereocenters. The van der Waals surface area contributed by atoms with Crippen LogP contribution < -0.4 is 5.32 Å². The van der Waals surface area contributed by atoms with E-state index in [9.17, 15) is 0 Å². The number of aromatic nitrogens is 1. The van der Waals surface area contributed by atoms with E-state index in [0.29, 0.717) is 0 Å². The topological polar surface area (TPSA) is 24.9 Å². The number of hydrogen-bond acceptors (Lipinski definition) is 2. The quantitative estimate of drug-likeness (QED) is 0.905. The predicted octanol–water partition coefficient (Wildman–Crippen LogP) is 3.62. The highest BCUT2D eigenvalue weighted by molar-refractivity contribution is 5.42. The third-order valence-corrected chi connectivity index (χ3v) is 3.81. The predicted molar refractivity (Wildman–Crippen MR) is 80.5 cm³/mol. The molecule has 1 aromatic heterocycles. The van der Waals surface area contributed by atoms with Crippen molar-refractivity contribution in [3.63, 3.8) is 0 Å². The van der Waals surface area contributed by atoms with Crippen molar-refractivity contribution in [2.75, 3.05) is 7.05 Å². The van der Waals surface area contributed by atoms with Crippen molar-refractivity contribution >= 4 is 0 Å². The van der Waals surface area contributed by atoms with Crippen LogP contribution in [0.25, 0.3) is 0 Å². The van der Waals surface area contributed by atoms with E-state index in [1.807, 2.05) is 19.3 Å². The number of rotatable bonds is 3. The van der Waals surface area contributed by atoms with Crippen LogP contribution in [-0.4, -0.2) is 12.0 Å². The summed E-state index contributed by atoms with van der Waals surface area (Å²) in [6.45, 7) is 8.61. The molecular formula is C17H22N2. The smallest absolute Gasteiger partial charge is 0.0754 e. The number of nitrogens with one attached hydrogen (secondary N) is 1. The van der Waals surface area contributed by atoms with Gasteiger partial charge in [0.1, 0.15) is 0 Å². The highest BCUT2D eigenvalue weighted by Gasteiger charge is 2.18. The largest absolute Gasteiger partial charge is 0.308 e. The molecule has 0 saturated heterocycles. The van der Waals surface area contributed by atoms with Crippen molar-refractivity contribution in [3.8, 4) is 0 Å². The number of hydrogen-bond donors (Lipinski definition) is 1. The lowest BCUT2D eigenvalue weighted by atomic mass is 9.92. The highest BCUT2D eigenvalue weighted by Crippen LogP contribution is 2.27. The Morgan fingerprint density at radius 2 is 1.63 bits per heavy atom. The number of benzene rings is 1. The minimum atomic E-state index is 0.153. The maximum Gasteiger partial charge on any atom is 0.0754 e. The molecular weight excluding hydrogens is 232 g/mol. The normalized spacial score (nSPS) is 12.5. The molecule has 0 aliphatic carbocycles. The Labute approximate surface area is 115 Å². The van der Waals surface area contributed by atoms with Crippen LogP contribution in [0.1, 0.15) is 39.6 Å². The molecule has 1 heterocycles. The second kappa shape index (κ2) is 5.54. The molecule has 0 aliphatic rings. The van der Waals surface area contributed by atoms with Gasteiger partial charge in [0.05, 0.1) is 11.7 Å². The SMILES string of the molecule is CNC(c1cc(C)c(C)cc1C)c1ncccc1C. The van der Waals surface area contributed by atoms with Gasteiger partial charge in [-0.3, -0.25) is 4.98 Å². The van der Waals surface area contributed by atoms with Crippen molar-refractivity contribution in [1.29, 1.82) is 0 Å². The molecule has 2 rings (SSSR count). The monoisotopic (exact) mass is 254 g/mol. The second-order valence-electron chi connectivity index (χ2n) is 5.22. The summed E-state index contributed by atoms with van der Waals surface area (Å²) < 4.78 is 0. The summed E-state index contributed by atoms with van der Waals surface area (Å²) in [5.74, 6) is 0. The Kier molecular flexibility index (Phi) is 4.01. The summed E-state index contributed by atoms with van der Waals surface area (Å²) in [5, 5.41) is 3.40. The van der Waals surface area contributed by atoms with Crippen molar-refractivity contribution in [2.45, 2.75) is 33.7 Å². The van der Waals surface area contributed by atoms with Crippen LogP contribution in [-0.2, 0) is 0 Å². The van der Waals surface area contributed by atoms with Gasteiger partial charge >= 0.3 is 0 Å². The molecule has 2 aromatic rings. The number of nitrogens with zero attached hydrogens (tertiary/aromatic N) is 1. The van der Waals surface area contributed by atoms with E-state index in [4.69, 9.17) is 0 Å². The van der Waals surface area contributed by atoms with Gasteiger partial charge in [-0.25, -0.2) is 0 Å². The molecule has 1 N–H and O–H groups in total. The van der Waals surface area contributed by atoms with Crippen LogP contribution in [0, 0.1) is 27.7 Å². The van der Waals surface area contributed by atoms with Gasteiger partial charge in [-0.05, 0) is 68.6 Å². The van der Waals surface area contributed by atoms with Crippen LogP contribution in [0.15, 0.2) is 30.5 Å². The zero-order valence-electron chi connectivity index (χ0n) is 12.4. The van der Waals surface area contributed by atoms with Gasteiger partial charge in [-0.1, -0.05) is 18.2 Å². The van der Waals surface area contributed by atoms with E-state index in [0.717, 1.165) is 5.69 Å². The summed E-state index contributed by atoms with van der Waals surface area (Å²) in [7, 11) is 1.99. The van der Waals surface area contributed by atoms with E-state index in [1.54, 1.807) is 0 Å². The van der Waals surface area contributed by atoms with Crippen LogP contribution in [0.2, 0.25) is 0 Å². The van der Waals surface area contributed by atoms with E-state index >= 15 is 0 Å². The second-order valence-corrected chi connectivity index (χ2v) is 5.22. The Bertz CT molecular complexity index is 588. The molecule has 1 aromatic carbocycles. The lowest BCUT2D eigenvalue weighted by molar-refractivity contribution is 0.661. The summed E-state index contributed by atoms with van der Waals surface area (Å²) >= 11 is 0. The third-order valence-electron chi connectivity index (χ3n) is 3.81. The molecule has 0 radical (unpaired) electrons. The van der Waals surface area contributed by atoms with Crippen LogP contribution in [0.3, 0.4) is 0 Å². The van der Waals surface area contributed by atoms with Crippen molar-refractivity contribution in [3.05, 3.63) is 64.0 Å². The van der Waals surface area contributed by atoms with Crippen molar-refractivity contribution in [2.24, 2.45) is 0 Å². The fraction of sp³-hybridized carbons (Fsp3) is 0.353. The van der Waals surface area contributed by atoms with Gasteiger partial charge in [0.25, 0.3) is 0 Å². The summed E-state index contributed by atoms with van der Waals surface area (Å²) in [6.07, 6.45) is 1.86. The number of pyridine rings is 1. The van der Waals surface area contributed by atoms with Crippen molar-refractivity contribution < 1.29 is 0 Å². The molecule has 0 saturated carbocycles. The van der Waals surface area contributed by atoms with Gasteiger partial charge in [0.2, 0.25) is 0 Å². The van der Waals surface area contributed by atoms with Gasteiger partial charge in [-0.15, -0.1) is 0 Å². The average molecular weight is 254 g/mol. The van der Waals surface area contributed by atoms with Gasteiger partial charge in [0.15, 0.2) is 0 Å². The summed E-state index contributed by atoms with van der Waals surface area (Å²) in [4.78, 5) is 4.56. The molecule has 1 atom stereocenters.